The maximum Gasteiger partial charge on any atom is -0.0178 e. The lowest BCUT2D eigenvalue weighted by Gasteiger charge is -1.87. The van der Waals surface area contributed by atoms with Gasteiger partial charge in [0, 0.05) is 0 Å². The molecular weight excluding hydrogens is 240 g/mol. The van der Waals surface area contributed by atoms with Crippen LogP contribution in [0.2, 0.25) is 0 Å². The van der Waals surface area contributed by atoms with Crippen LogP contribution in [0.25, 0.3) is 0 Å². The Hall–Kier alpha value is 0.320. The van der Waals surface area contributed by atoms with Crippen LogP contribution in [0.5, 0.6) is 0 Å². The summed E-state index contributed by atoms with van der Waals surface area (Å²) in [4.78, 5) is 0. The maximum absolute atomic E-state index is 2.06. The zero-order valence-corrected chi connectivity index (χ0v) is 10.0. The van der Waals surface area contributed by atoms with Crippen molar-refractivity contribution in [1.29, 1.82) is 0 Å². The van der Waals surface area contributed by atoms with E-state index in [1.165, 1.54) is 0 Å². The minimum atomic E-state index is 0. The van der Waals surface area contributed by atoms with E-state index in [1.54, 1.807) is 43.2 Å². The van der Waals surface area contributed by atoms with E-state index in [1.807, 2.05) is 24.3 Å². The van der Waals surface area contributed by atoms with E-state index in [0.717, 1.165) is 0 Å². The summed E-state index contributed by atoms with van der Waals surface area (Å²) in [6, 6.07) is 0. The average Bonchev–Trinajstić information content (AvgIpc) is 2.24. The Morgan fingerprint density at radius 1 is 0.462 bits per heavy atom. The molecule has 5 heteroatoms. The van der Waals surface area contributed by atoms with Gasteiger partial charge in [-0.25, -0.2) is 0 Å². The third-order valence-electron chi connectivity index (χ3n) is 0.870. The first kappa shape index (κ1) is 13.3. The molecule has 0 aromatic carbocycles. The second kappa shape index (κ2) is 10.4. The van der Waals surface area contributed by atoms with Gasteiger partial charge in [0.05, 0.1) is 0 Å². The highest BCUT2D eigenvalue weighted by Crippen LogP contribution is 2.26. The van der Waals surface area contributed by atoms with Crippen molar-refractivity contribution >= 4 is 43.2 Å². The normalized spacial score (nSPS) is 17.2. The van der Waals surface area contributed by atoms with E-state index in [2.05, 4.69) is 21.6 Å². The zero-order valence-electron chi connectivity index (χ0n) is 6.75. The first-order chi connectivity index (χ1) is 6.00. The van der Waals surface area contributed by atoms with Gasteiger partial charge in [-0.3, -0.25) is 0 Å². The molecular formula is C8H10OS4. The van der Waals surface area contributed by atoms with E-state index < -0.39 is 0 Å². The monoisotopic (exact) mass is 250 g/mol. The van der Waals surface area contributed by atoms with E-state index in [0.29, 0.717) is 0 Å². The molecule has 2 N–H and O–H groups in total. The molecule has 2 aliphatic rings. The molecule has 2 aliphatic heterocycles. The van der Waals surface area contributed by atoms with Gasteiger partial charge in [0.2, 0.25) is 0 Å². The van der Waals surface area contributed by atoms with Crippen LogP contribution in [0.15, 0.2) is 45.9 Å². The highest BCUT2D eigenvalue weighted by molar-refractivity contribution is 8.79. The molecule has 2 heterocycles. The molecule has 2 rings (SSSR count). The molecule has 0 bridgehead atoms. The van der Waals surface area contributed by atoms with Gasteiger partial charge in [0.1, 0.15) is 0 Å². The quantitative estimate of drug-likeness (QED) is 0.608. The van der Waals surface area contributed by atoms with Gasteiger partial charge in [-0.2, -0.15) is 0 Å². The lowest BCUT2D eigenvalue weighted by atomic mass is 10.6. The van der Waals surface area contributed by atoms with Crippen LogP contribution in [0.3, 0.4) is 0 Å². The van der Waals surface area contributed by atoms with Crippen molar-refractivity contribution in [2.45, 2.75) is 0 Å². The van der Waals surface area contributed by atoms with Crippen LogP contribution in [0.1, 0.15) is 0 Å². The Balaban J connectivity index is 0.000000206. The molecule has 0 aromatic rings. The van der Waals surface area contributed by atoms with E-state index >= 15 is 0 Å². The highest BCUT2D eigenvalue weighted by Gasteiger charge is 1.79. The molecule has 0 aliphatic carbocycles. The minimum Gasteiger partial charge on any atom is -0.412 e. The van der Waals surface area contributed by atoms with Crippen LogP contribution in [0.4, 0.5) is 0 Å². The van der Waals surface area contributed by atoms with Gasteiger partial charge < -0.3 is 5.48 Å². The summed E-state index contributed by atoms with van der Waals surface area (Å²) in [7, 11) is 6.98. The Bertz CT molecular complexity index is 172. The summed E-state index contributed by atoms with van der Waals surface area (Å²) in [6.45, 7) is 0. The predicted octanol–water partition coefficient (Wildman–Crippen LogP) is 3.99. The van der Waals surface area contributed by atoms with Crippen molar-refractivity contribution in [2.75, 3.05) is 0 Å². The maximum atomic E-state index is 2.06. The topological polar surface area (TPSA) is 31.5 Å². The van der Waals surface area contributed by atoms with Crippen molar-refractivity contribution in [3.8, 4) is 0 Å². The molecule has 0 aromatic heterocycles. The summed E-state index contributed by atoms with van der Waals surface area (Å²) >= 11 is 0. The second-order valence-corrected chi connectivity index (χ2v) is 5.87. The SMILES string of the molecule is C1=CSSC=C1.C1=CSSC=C1.O. The predicted molar refractivity (Wildman–Crippen MR) is 70.5 cm³/mol. The minimum absolute atomic E-state index is 0. The van der Waals surface area contributed by atoms with Gasteiger partial charge in [0.25, 0.3) is 0 Å². The first-order valence-corrected chi connectivity index (χ1v) is 7.83. The second-order valence-electron chi connectivity index (χ2n) is 1.70. The smallest absolute Gasteiger partial charge is 0.0178 e. The summed E-state index contributed by atoms with van der Waals surface area (Å²) < 4.78 is 0. The molecule has 72 valence electrons. The zero-order chi connectivity index (χ0) is 8.49. The van der Waals surface area contributed by atoms with E-state index in [-0.39, 0.29) is 5.48 Å². The van der Waals surface area contributed by atoms with Crippen molar-refractivity contribution in [2.24, 2.45) is 0 Å². The van der Waals surface area contributed by atoms with Crippen molar-refractivity contribution in [1.82, 2.24) is 0 Å². The largest absolute Gasteiger partial charge is 0.412 e. The molecule has 0 atom stereocenters. The van der Waals surface area contributed by atoms with Gasteiger partial charge in [-0.05, 0) is 21.6 Å². The molecule has 0 amide bonds. The molecule has 0 spiro atoms. The van der Waals surface area contributed by atoms with Gasteiger partial charge >= 0.3 is 0 Å². The van der Waals surface area contributed by atoms with Crippen LogP contribution in [-0.2, 0) is 0 Å². The Morgan fingerprint density at radius 2 is 0.692 bits per heavy atom. The summed E-state index contributed by atoms with van der Waals surface area (Å²) in [5.41, 5.74) is 0. The fourth-order valence-corrected chi connectivity index (χ4v) is 2.85. The lowest BCUT2D eigenvalue weighted by molar-refractivity contribution is 0.824. The number of rotatable bonds is 0. The van der Waals surface area contributed by atoms with Crippen LogP contribution in [0, 0.1) is 0 Å². The van der Waals surface area contributed by atoms with Crippen molar-refractivity contribution < 1.29 is 5.48 Å². The van der Waals surface area contributed by atoms with E-state index in [4.69, 9.17) is 0 Å². The molecule has 0 saturated heterocycles. The third-order valence-corrected chi connectivity index (χ3v) is 4.17. The van der Waals surface area contributed by atoms with Crippen LogP contribution >= 0.6 is 43.2 Å². The lowest BCUT2D eigenvalue weighted by Crippen LogP contribution is -1.49. The van der Waals surface area contributed by atoms with Crippen LogP contribution < -0.4 is 0 Å². The molecule has 0 radical (unpaired) electrons. The number of hydrogen-bond acceptors (Lipinski definition) is 4. The number of allylic oxidation sites excluding steroid dienone is 4. The third kappa shape index (κ3) is 8.64. The Labute approximate surface area is 94.3 Å². The number of hydrogen-bond donors (Lipinski definition) is 0. The van der Waals surface area contributed by atoms with Crippen molar-refractivity contribution in [3.63, 3.8) is 0 Å². The van der Waals surface area contributed by atoms with Crippen molar-refractivity contribution in [3.05, 3.63) is 45.9 Å². The van der Waals surface area contributed by atoms with Gasteiger partial charge in [0.15, 0.2) is 0 Å². The summed E-state index contributed by atoms with van der Waals surface area (Å²) in [6.07, 6.45) is 8.12. The van der Waals surface area contributed by atoms with Gasteiger partial charge in [-0.1, -0.05) is 67.5 Å². The fourth-order valence-electron chi connectivity index (χ4n) is 0.438. The summed E-state index contributed by atoms with van der Waals surface area (Å²) in [5, 5.41) is 8.24. The van der Waals surface area contributed by atoms with E-state index in [9.17, 15) is 0 Å². The highest BCUT2D eigenvalue weighted by atomic mass is 33.1. The first-order valence-electron chi connectivity index (χ1n) is 3.28. The summed E-state index contributed by atoms with van der Waals surface area (Å²) in [5.74, 6) is 0. The Morgan fingerprint density at radius 3 is 0.769 bits per heavy atom. The molecule has 13 heavy (non-hydrogen) atoms. The molecule has 1 nitrogen and oxygen atoms in total. The standard InChI is InChI=1S/2C4H4S2.H2O/c2*1-2-4-6-5-3-1;/h2*1-4H;1H2. The molecule has 0 saturated carbocycles. The van der Waals surface area contributed by atoms with Crippen LogP contribution in [-0.4, -0.2) is 5.48 Å². The molecule has 0 unspecified atom stereocenters. The molecule has 0 fully saturated rings. The van der Waals surface area contributed by atoms with Gasteiger partial charge in [-0.15, -0.1) is 0 Å². The fraction of sp³-hybridized carbons (Fsp3) is 0. The Kier molecular flexibility index (Phi) is 10.7. The average molecular weight is 250 g/mol.